The second kappa shape index (κ2) is 5.38. The molecule has 1 aliphatic heterocycles. The normalized spacial score (nSPS) is 38.9. The number of carboxylic acid groups (broad SMARTS) is 1. The average Bonchev–Trinajstić information content (AvgIpc) is 2.39. The molecule has 1 saturated carbocycles. The zero-order chi connectivity index (χ0) is 12.3. The van der Waals surface area contributed by atoms with Gasteiger partial charge in [0.1, 0.15) is 0 Å². The molecule has 2 fully saturated rings. The Labute approximate surface area is 104 Å². The predicted molar refractivity (Wildman–Crippen MR) is 65.9 cm³/mol. The first kappa shape index (κ1) is 12.9. The minimum atomic E-state index is -0.581. The van der Waals surface area contributed by atoms with Crippen LogP contribution in [0.25, 0.3) is 0 Å². The Morgan fingerprint density at radius 3 is 2.53 bits per heavy atom. The summed E-state index contributed by atoms with van der Waals surface area (Å²) in [6, 6.07) is 0. The lowest BCUT2D eigenvalue weighted by molar-refractivity contribution is -0.160. The van der Waals surface area contributed by atoms with Crippen molar-refractivity contribution in [2.24, 2.45) is 17.3 Å². The molecule has 0 aromatic rings. The van der Waals surface area contributed by atoms with Gasteiger partial charge in [-0.2, -0.15) is 0 Å². The SMILES string of the molecule is CCC1CCC(C(=O)O)(C2CCCOC2)CC1. The standard InChI is InChI=1S/C14H24O3/c1-2-11-5-7-14(8-6-11,13(15)16)12-4-3-9-17-10-12/h11-12H,2-10H2,1H3,(H,15,16). The van der Waals surface area contributed by atoms with E-state index in [9.17, 15) is 9.90 Å². The highest BCUT2D eigenvalue weighted by molar-refractivity contribution is 5.75. The van der Waals surface area contributed by atoms with Gasteiger partial charge in [0, 0.05) is 6.61 Å². The van der Waals surface area contributed by atoms with E-state index in [1.807, 2.05) is 0 Å². The third-order valence-electron chi connectivity index (χ3n) is 4.94. The van der Waals surface area contributed by atoms with Gasteiger partial charge in [-0.05, 0) is 50.4 Å². The number of rotatable bonds is 3. The molecule has 3 heteroatoms. The van der Waals surface area contributed by atoms with Crippen molar-refractivity contribution in [3.05, 3.63) is 0 Å². The number of hydrogen-bond acceptors (Lipinski definition) is 2. The minimum Gasteiger partial charge on any atom is -0.481 e. The molecule has 0 aromatic heterocycles. The lowest BCUT2D eigenvalue weighted by atomic mass is 9.62. The summed E-state index contributed by atoms with van der Waals surface area (Å²) in [5, 5.41) is 9.64. The van der Waals surface area contributed by atoms with Gasteiger partial charge in [-0.1, -0.05) is 13.3 Å². The first-order valence-electron chi connectivity index (χ1n) is 7.00. The second-order valence-electron chi connectivity index (χ2n) is 5.73. The number of ether oxygens (including phenoxy) is 1. The van der Waals surface area contributed by atoms with E-state index in [0.717, 1.165) is 51.0 Å². The Kier molecular flexibility index (Phi) is 4.08. The zero-order valence-corrected chi connectivity index (χ0v) is 10.8. The molecule has 1 unspecified atom stereocenters. The van der Waals surface area contributed by atoms with Gasteiger partial charge >= 0.3 is 5.97 Å². The van der Waals surface area contributed by atoms with Gasteiger partial charge in [-0.15, -0.1) is 0 Å². The van der Waals surface area contributed by atoms with Crippen molar-refractivity contribution in [2.75, 3.05) is 13.2 Å². The summed E-state index contributed by atoms with van der Waals surface area (Å²) < 4.78 is 5.50. The molecule has 0 radical (unpaired) electrons. The molecule has 0 bridgehead atoms. The van der Waals surface area contributed by atoms with Crippen LogP contribution in [0, 0.1) is 17.3 Å². The first-order valence-corrected chi connectivity index (χ1v) is 7.00. The van der Waals surface area contributed by atoms with Crippen LogP contribution in [0.3, 0.4) is 0 Å². The van der Waals surface area contributed by atoms with Crippen LogP contribution in [0.1, 0.15) is 51.9 Å². The average molecular weight is 240 g/mol. The van der Waals surface area contributed by atoms with Crippen LogP contribution in [0.15, 0.2) is 0 Å². The summed E-state index contributed by atoms with van der Waals surface area (Å²) in [6.07, 6.45) is 7.12. The van der Waals surface area contributed by atoms with Crippen molar-refractivity contribution < 1.29 is 14.6 Å². The summed E-state index contributed by atoms with van der Waals surface area (Å²) in [5.74, 6) is 0.404. The van der Waals surface area contributed by atoms with E-state index < -0.39 is 11.4 Å². The first-order chi connectivity index (χ1) is 8.19. The van der Waals surface area contributed by atoms with Crippen LogP contribution < -0.4 is 0 Å². The zero-order valence-electron chi connectivity index (χ0n) is 10.8. The van der Waals surface area contributed by atoms with Crippen molar-refractivity contribution in [3.8, 4) is 0 Å². The molecule has 0 aromatic carbocycles. The number of aliphatic carboxylic acids is 1. The van der Waals surface area contributed by atoms with Crippen LogP contribution in [-0.4, -0.2) is 24.3 Å². The molecule has 2 aliphatic rings. The highest BCUT2D eigenvalue weighted by Gasteiger charge is 2.48. The maximum Gasteiger partial charge on any atom is 0.310 e. The Morgan fingerprint density at radius 1 is 1.35 bits per heavy atom. The van der Waals surface area contributed by atoms with Gasteiger partial charge in [0.25, 0.3) is 0 Å². The third kappa shape index (κ3) is 2.49. The summed E-state index contributed by atoms with van der Waals surface area (Å²) in [6.45, 7) is 3.68. The van der Waals surface area contributed by atoms with E-state index >= 15 is 0 Å². The molecule has 17 heavy (non-hydrogen) atoms. The molecular weight excluding hydrogens is 216 g/mol. The molecule has 1 heterocycles. The quantitative estimate of drug-likeness (QED) is 0.824. The summed E-state index contributed by atoms with van der Waals surface area (Å²) in [4.78, 5) is 11.7. The maximum atomic E-state index is 11.7. The van der Waals surface area contributed by atoms with Gasteiger partial charge in [0.2, 0.25) is 0 Å². The van der Waals surface area contributed by atoms with Crippen molar-refractivity contribution in [3.63, 3.8) is 0 Å². The van der Waals surface area contributed by atoms with E-state index in [4.69, 9.17) is 4.74 Å². The Hall–Kier alpha value is -0.570. The lowest BCUT2D eigenvalue weighted by Gasteiger charge is -2.43. The second-order valence-corrected chi connectivity index (χ2v) is 5.73. The van der Waals surface area contributed by atoms with Crippen LogP contribution in [0.4, 0.5) is 0 Å². The molecule has 1 aliphatic carbocycles. The molecular formula is C14H24O3. The smallest absolute Gasteiger partial charge is 0.310 e. The third-order valence-corrected chi connectivity index (χ3v) is 4.94. The van der Waals surface area contributed by atoms with Crippen LogP contribution in [-0.2, 0) is 9.53 Å². The fourth-order valence-corrected chi connectivity index (χ4v) is 3.57. The fraction of sp³-hybridized carbons (Fsp3) is 0.929. The van der Waals surface area contributed by atoms with Crippen molar-refractivity contribution in [2.45, 2.75) is 51.9 Å². The number of carboxylic acids is 1. The Bertz CT molecular complexity index is 261. The Balaban J connectivity index is 2.07. The van der Waals surface area contributed by atoms with Crippen LogP contribution in [0.5, 0.6) is 0 Å². The van der Waals surface area contributed by atoms with Gasteiger partial charge in [-0.3, -0.25) is 4.79 Å². The number of carbonyl (C=O) groups is 1. The monoisotopic (exact) mass is 240 g/mol. The molecule has 0 spiro atoms. The highest BCUT2D eigenvalue weighted by atomic mass is 16.5. The summed E-state index contributed by atoms with van der Waals surface area (Å²) >= 11 is 0. The molecule has 98 valence electrons. The maximum absolute atomic E-state index is 11.7. The van der Waals surface area contributed by atoms with Gasteiger partial charge in [-0.25, -0.2) is 0 Å². The molecule has 1 atom stereocenters. The van der Waals surface area contributed by atoms with Crippen molar-refractivity contribution in [1.82, 2.24) is 0 Å². The van der Waals surface area contributed by atoms with Crippen LogP contribution in [0.2, 0.25) is 0 Å². The minimum absolute atomic E-state index is 0.242. The van der Waals surface area contributed by atoms with E-state index in [0.29, 0.717) is 6.61 Å². The van der Waals surface area contributed by atoms with E-state index in [2.05, 4.69) is 6.92 Å². The van der Waals surface area contributed by atoms with Gasteiger partial charge in [0.15, 0.2) is 0 Å². The van der Waals surface area contributed by atoms with Crippen molar-refractivity contribution in [1.29, 1.82) is 0 Å². The van der Waals surface area contributed by atoms with Crippen LogP contribution >= 0.6 is 0 Å². The van der Waals surface area contributed by atoms with E-state index in [-0.39, 0.29) is 5.92 Å². The van der Waals surface area contributed by atoms with Gasteiger partial charge < -0.3 is 9.84 Å². The van der Waals surface area contributed by atoms with Crippen molar-refractivity contribution >= 4 is 5.97 Å². The largest absolute Gasteiger partial charge is 0.481 e. The van der Waals surface area contributed by atoms with E-state index in [1.54, 1.807) is 0 Å². The van der Waals surface area contributed by atoms with Gasteiger partial charge in [0.05, 0.1) is 12.0 Å². The number of hydrogen-bond donors (Lipinski definition) is 1. The molecule has 1 saturated heterocycles. The fourth-order valence-electron chi connectivity index (χ4n) is 3.57. The topological polar surface area (TPSA) is 46.5 Å². The Morgan fingerprint density at radius 2 is 2.06 bits per heavy atom. The highest BCUT2D eigenvalue weighted by Crippen LogP contribution is 2.47. The van der Waals surface area contributed by atoms with E-state index in [1.165, 1.54) is 6.42 Å². The molecule has 3 nitrogen and oxygen atoms in total. The summed E-state index contributed by atoms with van der Waals surface area (Å²) in [5.41, 5.74) is -0.480. The molecule has 2 rings (SSSR count). The lowest BCUT2D eigenvalue weighted by Crippen LogP contribution is -2.45. The predicted octanol–water partition coefficient (Wildman–Crippen LogP) is 3.08. The molecule has 1 N–H and O–H groups in total. The summed E-state index contributed by atoms with van der Waals surface area (Å²) in [7, 11) is 0. The molecule has 0 amide bonds.